The van der Waals surface area contributed by atoms with Gasteiger partial charge in [-0.3, -0.25) is 4.31 Å². The van der Waals surface area contributed by atoms with Crippen LogP contribution in [0.15, 0.2) is 71.6 Å². The highest BCUT2D eigenvalue weighted by Crippen LogP contribution is 2.35. The van der Waals surface area contributed by atoms with Gasteiger partial charge in [0.2, 0.25) is 0 Å². The number of ether oxygens (including phenoxy) is 1. The number of aromatic carboxylic acids is 1. The SMILES string of the molecule is Cc1ccc(N(C(C)C)S(=O)(=O)c2ccccc2)c(OCc2ccc(C(=O)O)c(O)c2)c1. The number of carboxylic acids is 1. The zero-order chi connectivity index (χ0) is 23.5. The molecular formula is C24H25NO6S. The fourth-order valence-electron chi connectivity index (χ4n) is 3.32. The van der Waals surface area contributed by atoms with Crippen molar-refractivity contribution < 1.29 is 28.2 Å². The Morgan fingerprint density at radius 2 is 1.72 bits per heavy atom. The molecule has 2 N–H and O–H groups in total. The van der Waals surface area contributed by atoms with Crippen LogP contribution < -0.4 is 9.04 Å². The summed E-state index contributed by atoms with van der Waals surface area (Å²) >= 11 is 0. The standard InChI is InChI=1S/C24H25NO6S/c1-16(2)25(32(29,30)19-7-5-4-6-8-19)21-12-9-17(3)13-23(21)31-15-18-10-11-20(24(27)28)22(26)14-18/h4-14,16,26H,15H2,1-3H3,(H,27,28). The number of aryl methyl sites for hydroxylation is 1. The summed E-state index contributed by atoms with van der Waals surface area (Å²) < 4.78 is 34.1. The summed E-state index contributed by atoms with van der Waals surface area (Å²) in [5.74, 6) is -1.23. The van der Waals surface area contributed by atoms with Gasteiger partial charge in [0, 0.05) is 6.04 Å². The van der Waals surface area contributed by atoms with Gasteiger partial charge in [0.05, 0.1) is 10.6 Å². The molecule has 0 radical (unpaired) electrons. The molecule has 0 fully saturated rings. The maximum Gasteiger partial charge on any atom is 0.339 e. The van der Waals surface area contributed by atoms with Crippen LogP contribution >= 0.6 is 0 Å². The van der Waals surface area contributed by atoms with Gasteiger partial charge in [-0.1, -0.05) is 30.3 Å². The van der Waals surface area contributed by atoms with Gasteiger partial charge in [-0.05, 0) is 68.3 Å². The Morgan fingerprint density at radius 1 is 1.03 bits per heavy atom. The average molecular weight is 456 g/mol. The van der Waals surface area contributed by atoms with E-state index in [2.05, 4.69) is 0 Å². The summed E-state index contributed by atoms with van der Waals surface area (Å²) in [6.45, 7) is 5.45. The van der Waals surface area contributed by atoms with Crippen LogP contribution in [0.4, 0.5) is 5.69 Å². The van der Waals surface area contributed by atoms with Gasteiger partial charge in [-0.15, -0.1) is 0 Å². The fraction of sp³-hybridized carbons (Fsp3) is 0.208. The number of anilines is 1. The Labute approximate surface area is 187 Å². The Hall–Kier alpha value is -3.52. The molecule has 0 saturated heterocycles. The van der Waals surface area contributed by atoms with E-state index in [9.17, 15) is 18.3 Å². The summed E-state index contributed by atoms with van der Waals surface area (Å²) in [4.78, 5) is 11.3. The maximum atomic E-state index is 13.4. The zero-order valence-electron chi connectivity index (χ0n) is 18.0. The summed E-state index contributed by atoms with van der Waals surface area (Å²) in [6, 6.07) is 17.2. The molecule has 0 bridgehead atoms. The monoisotopic (exact) mass is 455 g/mol. The number of hydrogen-bond donors (Lipinski definition) is 2. The summed E-state index contributed by atoms with van der Waals surface area (Å²) in [7, 11) is -3.85. The lowest BCUT2D eigenvalue weighted by Gasteiger charge is -2.30. The van der Waals surface area contributed by atoms with Gasteiger partial charge in [0.1, 0.15) is 23.7 Å². The van der Waals surface area contributed by atoms with Gasteiger partial charge >= 0.3 is 5.97 Å². The van der Waals surface area contributed by atoms with E-state index in [0.717, 1.165) is 5.56 Å². The molecule has 0 unspecified atom stereocenters. The van der Waals surface area contributed by atoms with Crippen LogP contribution in [-0.2, 0) is 16.6 Å². The van der Waals surface area contributed by atoms with Crippen molar-refractivity contribution in [1.82, 2.24) is 0 Å². The topological polar surface area (TPSA) is 104 Å². The molecule has 168 valence electrons. The van der Waals surface area contributed by atoms with Crippen molar-refractivity contribution in [1.29, 1.82) is 0 Å². The summed E-state index contributed by atoms with van der Waals surface area (Å²) in [5, 5.41) is 19.0. The second kappa shape index (κ2) is 9.32. The lowest BCUT2D eigenvalue weighted by Crippen LogP contribution is -2.37. The number of benzene rings is 3. The summed E-state index contributed by atoms with van der Waals surface area (Å²) in [6.07, 6.45) is 0. The Morgan fingerprint density at radius 3 is 2.31 bits per heavy atom. The molecule has 3 rings (SSSR count). The fourth-order valence-corrected chi connectivity index (χ4v) is 5.01. The minimum Gasteiger partial charge on any atom is -0.507 e. The number of sulfonamides is 1. The molecule has 0 aliphatic carbocycles. The van der Waals surface area contributed by atoms with E-state index < -0.39 is 16.0 Å². The van der Waals surface area contributed by atoms with Gasteiger partial charge in [0.25, 0.3) is 10.0 Å². The third-order valence-electron chi connectivity index (χ3n) is 4.81. The Balaban J connectivity index is 1.98. The lowest BCUT2D eigenvalue weighted by atomic mass is 10.1. The molecule has 0 spiro atoms. The highest BCUT2D eigenvalue weighted by atomic mass is 32.2. The van der Waals surface area contributed by atoms with E-state index in [0.29, 0.717) is 17.0 Å². The lowest BCUT2D eigenvalue weighted by molar-refractivity contribution is 0.0693. The number of nitrogens with zero attached hydrogens (tertiary/aromatic N) is 1. The largest absolute Gasteiger partial charge is 0.507 e. The van der Waals surface area contributed by atoms with Crippen molar-refractivity contribution in [3.8, 4) is 11.5 Å². The molecule has 0 aliphatic heterocycles. The van der Waals surface area contributed by atoms with Crippen molar-refractivity contribution in [2.75, 3.05) is 4.31 Å². The van der Waals surface area contributed by atoms with Gasteiger partial charge < -0.3 is 14.9 Å². The third-order valence-corrected chi connectivity index (χ3v) is 6.81. The number of carbonyl (C=O) groups is 1. The van der Waals surface area contributed by atoms with Crippen LogP contribution in [0.1, 0.15) is 35.3 Å². The zero-order valence-corrected chi connectivity index (χ0v) is 18.8. The number of rotatable bonds is 8. The molecule has 3 aromatic rings. The number of hydrogen-bond acceptors (Lipinski definition) is 5. The first-order valence-corrected chi connectivity index (χ1v) is 11.4. The summed E-state index contributed by atoms with van der Waals surface area (Å²) in [5.41, 5.74) is 1.61. The van der Waals surface area contributed by atoms with Crippen molar-refractivity contribution >= 4 is 21.7 Å². The van der Waals surface area contributed by atoms with E-state index in [1.807, 2.05) is 13.0 Å². The van der Waals surface area contributed by atoms with E-state index in [4.69, 9.17) is 9.84 Å². The molecule has 0 saturated carbocycles. The number of phenols is 1. The molecular weight excluding hydrogens is 430 g/mol. The minimum atomic E-state index is -3.85. The van der Waals surface area contributed by atoms with Gasteiger partial charge in [-0.2, -0.15) is 0 Å². The van der Waals surface area contributed by atoms with Gasteiger partial charge in [-0.25, -0.2) is 13.2 Å². The second-order valence-electron chi connectivity index (χ2n) is 7.62. The van der Waals surface area contributed by atoms with Crippen molar-refractivity contribution in [2.45, 2.75) is 38.3 Å². The second-order valence-corrected chi connectivity index (χ2v) is 9.44. The number of aromatic hydroxyl groups is 1. The van der Waals surface area contributed by atoms with Crippen LogP contribution in [0.2, 0.25) is 0 Å². The van der Waals surface area contributed by atoms with E-state index in [-0.39, 0.29) is 28.9 Å². The predicted molar refractivity (Wildman–Crippen MR) is 122 cm³/mol. The van der Waals surface area contributed by atoms with E-state index in [1.165, 1.54) is 16.4 Å². The predicted octanol–water partition coefficient (Wildman–Crippen LogP) is 4.58. The van der Waals surface area contributed by atoms with Crippen molar-refractivity contribution in [2.24, 2.45) is 0 Å². The normalized spacial score (nSPS) is 11.4. The average Bonchev–Trinajstić information content (AvgIpc) is 2.73. The Bertz CT molecular complexity index is 1220. The van der Waals surface area contributed by atoms with Crippen LogP contribution in [0.3, 0.4) is 0 Å². The molecule has 0 amide bonds. The quantitative estimate of drug-likeness (QED) is 0.515. The van der Waals surface area contributed by atoms with Crippen LogP contribution in [0.25, 0.3) is 0 Å². The smallest absolute Gasteiger partial charge is 0.339 e. The van der Waals surface area contributed by atoms with Gasteiger partial charge in [0.15, 0.2) is 0 Å². The minimum absolute atomic E-state index is 0.0151. The molecule has 8 heteroatoms. The molecule has 0 aromatic heterocycles. The number of carboxylic acid groups (broad SMARTS) is 1. The van der Waals surface area contributed by atoms with E-state index >= 15 is 0 Å². The highest BCUT2D eigenvalue weighted by Gasteiger charge is 2.29. The van der Waals surface area contributed by atoms with Crippen molar-refractivity contribution in [3.63, 3.8) is 0 Å². The van der Waals surface area contributed by atoms with Crippen molar-refractivity contribution in [3.05, 3.63) is 83.4 Å². The molecule has 0 atom stereocenters. The first kappa shape index (κ1) is 23.1. The first-order valence-electron chi connectivity index (χ1n) is 9.99. The van der Waals surface area contributed by atoms with Crippen LogP contribution in [-0.4, -0.2) is 30.6 Å². The highest BCUT2D eigenvalue weighted by molar-refractivity contribution is 7.92. The van der Waals surface area contributed by atoms with E-state index in [1.54, 1.807) is 62.4 Å². The Kier molecular flexibility index (Phi) is 6.74. The van der Waals surface area contributed by atoms with Crippen LogP contribution in [0, 0.1) is 6.92 Å². The maximum absolute atomic E-state index is 13.4. The van der Waals surface area contributed by atoms with Crippen LogP contribution in [0.5, 0.6) is 11.5 Å². The molecule has 7 nitrogen and oxygen atoms in total. The first-order chi connectivity index (χ1) is 15.1. The molecule has 32 heavy (non-hydrogen) atoms. The third kappa shape index (κ3) is 4.86. The molecule has 0 aliphatic rings. The molecule has 3 aromatic carbocycles. The molecule has 0 heterocycles.